The molecule has 6 nitrogen and oxygen atoms in total. The molecule has 4 rings (SSSR count). The van der Waals surface area contributed by atoms with Gasteiger partial charge in [-0.25, -0.2) is 4.39 Å². The zero-order valence-corrected chi connectivity index (χ0v) is 16.8. The van der Waals surface area contributed by atoms with Crippen LogP contribution in [-0.4, -0.2) is 38.1 Å². The lowest BCUT2D eigenvalue weighted by atomic mass is 10.1. The summed E-state index contributed by atoms with van der Waals surface area (Å²) < 4.78 is 19.8. The molecule has 2 amide bonds. The van der Waals surface area contributed by atoms with E-state index in [0.717, 1.165) is 0 Å². The van der Waals surface area contributed by atoms with Gasteiger partial charge in [0.15, 0.2) is 0 Å². The number of rotatable bonds is 5. The average Bonchev–Trinajstić information content (AvgIpc) is 2.81. The number of hydrogen-bond donors (Lipinski definition) is 2. The van der Waals surface area contributed by atoms with Gasteiger partial charge in [-0.3, -0.25) is 9.59 Å². The monoisotopic (exact) mass is 419 g/mol. The van der Waals surface area contributed by atoms with Crippen LogP contribution in [0.15, 0.2) is 72.8 Å². The molecule has 158 valence electrons. The number of nitrogens with zero attached hydrogens (tertiary/aromatic N) is 1. The summed E-state index contributed by atoms with van der Waals surface area (Å²) in [5.41, 5.74) is 2.40. The molecule has 1 fully saturated rings. The topological polar surface area (TPSA) is 70.7 Å². The highest BCUT2D eigenvalue weighted by molar-refractivity contribution is 6.06. The summed E-state index contributed by atoms with van der Waals surface area (Å²) in [5.74, 6) is -0.980. The normalized spacial score (nSPS) is 13.5. The molecule has 1 aliphatic rings. The maximum atomic E-state index is 14.5. The van der Waals surface area contributed by atoms with Crippen molar-refractivity contribution in [3.8, 4) is 0 Å². The maximum absolute atomic E-state index is 14.5. The molecule has 0 atom stereocenters. The third kappa shape index (κ3) is 5.07. The van der Waals surface area contributed by atoms with Crippen LogP contribution in [0.4, 0.5) is 21.5 Å². The summed E-state index contributed by atoms with van der Waals surface area (Å²) in [5, 5.41) is 5.49. The molecule has 1 saturated heterocycles. The number of nitrogens with one attached hydrogen (secondary N) is 2. The molecule has 3 aromatic carbocycles. The van der Waals surface area contributed by atoms with Gasteiger partial charge in [-0.2, -0.15) is 0 Å². The minimum absolute atomic E-state index is 0.228. The number of ether oxygens (including phenoxy) is 1. The number of hydrogen-bond acceptors (Lipinski definition) is 4. The molecule has 31 heavy (non-hydrogen) atoms. The van der Waals surface area contributed by atoms with Gasteiger partial charge >= 0.3 is 0 Å². The van der Waals surface area contributed by atoms with Gasteiger partial charge in [-0.1, -0.05) is 18.2 Å². The van der Waals surface area contributed by atoms with Gasteiger partial charge in [-0.05, 0) is 54.6 Å². The zero-order valence-electron chi connectivity index (χ0n) is 16.8. The number of morpholine rings is 1. The largest absolute Gasteiger partial charge is 0.378 e. The van der Waals surface area contributed by atoms with Crippen molar-refractivity contribution in [2.75, 3.05) is 41.8 Å². The lowest BCUT2D eigenvalue weighted by molar-refractivity contribution is 0.102. The molecule has 2 N–H and O–H groups in total. The van der Waals surface area contributed by atoms with Crippen molar-refractivity contribution in [1.29, 1.82) is 0 Å². The molecule has 0 saturated carbocycles. The number of anilines is 3. The summed E-state index contributed by atoms with van der Waals surface area (Å²) in [6.45, 7) is 2.41. The fraction of sp³-hybridized carbons (Fsp3) is 0.167. The van der Waals surface area contributed by atoms with E-state index in [4.69, 9.17) is 4.74 Å². The Balaban J connectivity index is 1.38. The zero-order chi connectivity index (χ0) is 21.6. The van der Waals surface area contributed by atoms with Crippen LogP contribution in [0.3, 0.4) is 0 Å². The van der Waals surface area contributed by atoms with Crippen molar-refractivity contribution in [1.82, 2.24) is 0 Å². The SMILES string of the molecule is O=C(Nc1ccc(C(=O)Nc2ccc(N3CCOCC3)c(F)c2)cc1)c1ccccc1. The van der Waals surface area contributed by atoms with Crippen LogP contribution >= 0.6 is 0 Å². The minimum Gasteiger partial charge on any atom is -0.378 e. The highest BCUT2D eigenvalue weighted by Crippen LogP contribution is 2.24. The second-order valence-electron chi connectivity index (χ2n) is 7.12. The maximum Gasteiger partial charge on any atom is 0.255 e. The van der Waals surface area contributed by atoms with Crippen molar-refractivity contribution in [2.45, 2.75) is 0 Å². The number of carbonyl (C=O) groups excluding carboxylic acids is 2. The fourth-order valence-electron chi connectivity index (χ4n) is 3.35. The van der Waals surface area contributed by atoms with Gasteiger partial charge in [0.2, 0.25) is 0 Å². The fourth-order valence-corrected chi connectivity index (χ4v) is 3.35. The van der Waals surface area contributed by atoms with Crippen LogP contribution in [-0.2, 0) is 4.74 Å². The van der Waals surface area contributed by atoms with Crippen molar-refractivity contribution >= 4 is 28.9 Å². The first-order valence-electron chi connectivity index (χ1n) is 10.0. The van der Waals surface area contributed by atoms with E-state index < -0.39 is 5.82 Å². The van der Waals surface area contributed by atoms with E-state index >= 15 is 0 Å². The third-order valence-corrected chi connectivity index (χ3v) is 5.00. The number of benzene rings is 3. The molecule has 1 aliphatic heterocycles. The first-order valence-corrected chi connectivity index (χ1v) is 10.0. The standard InChI is InChI=1S/C24H22FN3O3/c25-21-16-20(10-11-22(21)28-12-14-31-15-13-28)27-24(30)18-6-8-19(9-7-18)26-23(29)17-4-2-1-3-5-17/h1-11,16H,12-15H2,(H,26,29)(H,27,30). The van der Waals surface area contributed by atoms with E-state index in [-0.39, 0.29) is 11.8 Å². The summed E-state index contributed by atoms with van der Waals surface area (Å²) in [4.78, 5) is 26.7. The van der Waals surface area contributed by atoms with Crippen LogP contribution in [0.5, 0.6) is 0 Å². The summed E-state index contributed by atoms with van der Waals surface area (Å²) in [6.07, 6.45) is 0. The summed E-state index contributed by atoms with van der Waals surface area (Å²) in [7, 11) is 0. The Kier molecular flexibility index (Phi) is 6.24. The summed E-state index contributed by atoms with van der Waals surface area (Å²) in [6, 6.07) is 20.0. The van der Waals surface area contributed by atoms with Gasteiger partial charge < -0.3 is 20.3 Å². The van der Waals surface area contributed by atoms with Crippen molar-refractivity contribution < 1.29 is 18.7 Å². The van der Waals surface area contributed by atoms with Gasteiger partial charge in [0.05, 0.1) is 18.9 Å². The van der Waals surface area contributed by atoms with E-state index in [1.165, 1.54) is 6.07 Å². The van der Waals surface area contributed by atoms with Crippen molar-refractivity contribution in [2.24, 2.45) is 0 Å². The highest BCUT2D eigenvalue weighted by Gasteiger charge is 2.16. The molecule has 7 heteroatoms. The van der Waals surface area contributed by atoms with Crippen molar-refractivity contribution in [3.05, 3.63) is 89.7 Å². The van der Waals surface area contributed by atoms with Gasteiger partial charge in [0.25, 0.3) is 11.8 Å². The first-order chi connectivity index (χ1) is 15.1. The van der Waals surface area contributed by atoms with Gasteiger partial charge in [0, 0.05) is 35.6 Å². The second kappa shape index (κ2) is 9.40. The third-order valence-electron chi connectivity index (χ3n) is 5.00. The lowest BCUT2D eigenvalue weighted by Crippen LogP contribution is -2.36. The van der Waals surface area contributed by atoms with Crippen LogP contribution in [0.1, 0.15) is 20.7 Å². The minimum atomic E-state index is -0.390. The molecule has 0 aliphatic carbocycles. The van der Waals surface area contributed by atoms with E-state index in [2.05, 4.69) is 10.6 Å². The Morgan fingerprint density at radius 3 is 2.00 bits per heavy atom. The van der Waals surface area contributed by atoms with Crippen LogP contribution < -0.4 is 15.5 Å². The Labute approximate surface area is 179 Å². The Hall–Kier alpha value is -3.71. The Morgan fingerprint density at radius 1 is 0.774 bits per heavy atom. The average molecular weight is 419 g/mol. The molecule has 0 aromatic heterocycles. The predicted molar refractivity (Wildman–Crippen MR) is 118 cm³/mol. The molecule has 0 bridgehead atoms. The van der Waals surface area contributed by atoms with Crippen LogP contribution in [0.25, 0.3) is 0 Å². The quantitative estimate of drug-likeness (QED) is 0.651. The predicted octanol–water partition coefficient (Wildman–Crippen LogP) is 4.17. The smallest absolute Gasteiger partial charge is 0.255 e. The highest BCUT2D eigenvalue weighted by atomic mass is 19.1. The van der Waals surface area contributed by atoms with Crippen LogP contribution in [0.2, 0.25) is 0 Å². The number of halogens is 1. The van der Waals surface area contributed by atoms with Crippen molar-refractivity contribution in [3.63, 3.8) is 0 Å². The van der Waals surface area contributed by atoms with E-state index in [9.17, 15) is 14.0 Å². The molecule has 3 aromatic rings. The lowest BCUT2D eigenvalue weighted by Gasteiger charge is -2.29. The molecular formula is C24H22FN3O3. The second-order valence-corrected chi connectivity index (χ2v) is 7.12. The van der Waals surface area contributed by atoms with Gasteiger partial charge in [0.1, 0.15) is 5.82 Å². The molecule has 1 heterocycles. The molecular weight excluding hydrogens is 397 g/mol. The van der Waals surface area contributed by atoms with E-state index in [0.29, 0.717) is 54.5 Å². The number of carbonyl (C=O) groups is 2. The molecule has 0 radical (unpaired) electrons. The summed E-state index contributed by atoms with van der Waals surface area (Å²) >= 11 is 0. The molecule has 0 unspecified atom stereocenters. The van der Waals surface area contributed by atoms with Gasteiger partial charge in [-0.15, -0.1) is 0 Å². The van der Waals surface area contributed by atoms with E-state index in [1.54, 1.807) is 60.7 Å². The van der Waals surface area contributed by atoms with Crippen LogP contribution in [0, 0.1) is 5.82 Å². The van der Waals surface area contributed by atoms with E-state index in [1.807, 2.05) is 11.0 Å². The first kappa shape index (κ1) is 20.6. The Morgan fingerprint density at radius 2 is 1.35 bits per heavy atom. The Bertz CT molecular complexity index is 1070. The molecule has 0 spiro atoms. The number of amides is 2.